The highest BCUT2D eigenvalue weighted by atomic mass is 35.5. The lowest BCUT2D eigenvalue weighted by atomic mass is 10.1. The molecular weight excluding hydrogens is 326 g/mol. The quantitative estimate of drug-likeness (QED) is 0.794. The van der Waals surface area contributed by atoms with Gasteiger partial charge < -0.3 is 5.32 Å². The van der Waals surface area contributed by atoms with Crippen LogP contribution in [0.2, 0.25) is 5.02 Å². The van der Waals surface area contributed by atoms with E-state index < -0.39 is 0 Å². The third-order valence-corrected chi connectivity index (χ3v) is 3.74. The molecule has 0 fully saturated rings. The molecular formula is C18H14ClN3O2. The zero-order chi connectivity index (χ0) is 16.9. The SMILES string of the molecule is O=C(Cn1cnc(-c2ccccc2)cc1=O)Nc1ccccc1Cl. The molecule has 0 saturated heterocycles. The number of rotatable bonds is 4. The van der Waals surface area contributed by atoms with E-state index in [4.69, 9.17) is 11.6 Å². The Morgan fingerprint density at radius 3 is 2.50 bits per heavy atom. The molecule has 5 nitrogen and oxygen atoms in total. The number of nitrogens with one attached hydrogen (secondary N) is 1. The van der Waals surface area contributed by atoms with Crippen LogP contribution in [0.5, 0.6) is 0 Å². The van der Waals surface area contributed by atoms with Crippen LogP contribution < -0.4 is 10.9 Å². The van der Waals surface area contributed by atoms with E-state index >= 15 is 0 Å². The summed E-state index contributed by atoms with van der Waals surface area (Å²) in [6.45, 7) is -0.133. The molecule has 3 rings (SSSR count). The van der Waals surface area contributed by atoms with E-state index in [0.717, 1.165) is 5.56 Å². The van der Waals surface area contributed by atoms with E-state index in [2.05, 4.69) is 10.3 Å². The number of hydrogen-bond donors (Lipinski definition) is 1. The van der Waals surface area contributed by atoms with Gasteiger partial charge in [-0.1, -0.05) is 54.1 Å². The van der Waals surface area contributed by atoms with Crippen LogP contribution in [0.4, 0.5) is 5.69 Å². The first kappa shape index (κ1) is 16.0. The Morgan fingerprint density at radius 2 is 1.79 bits per heavy atom. The van der Waals surface area contributed by atoms with Crippen molar-refractivity contribution in [1.29, 1.82) is 0 Å². The Bertz CT molecular complexity index is 923. The summed E-state index contributed by atoms with van der Waals surface area (Å²) in [5.41, 5.74) is 1.63. The van der Waals surface area contributed by atoms with Gasteiger partial charge in [-0.2, -0.15) is 0 Å². The van der Waals surface area contributed by atoms with Crippen LogP contribution in [0, 0.1) is 0 Å². The second kappa shape index (κ2) is 7.10. The second-order valence-electron chi connectivity index (χ2n) is 5.13. The van der Waals surface area contributed by atoms with Crippen LogP contribution in [0.15, 0.2) is 71.8 Å². The van der Waals surface area contributed by atoms with Crippen molar-refractivity contribution < 1.29 is 4.79 Å². The topological polar surface area (TPSA) is 64.0 Å². The second-order valence-corrected chi connectivity index (χ2v) is 5.54. The van der Waals surface area contributed by atoms with Crippen LogP contribution in [0.1, 0.15) is 0 Å². The predicted molar refractivity (Wildman–Crippen MR) is 94.0 cm³/mol. The molecule has 1 N–H and O–H groups in total. The molecule has 1 amide bonds. The van der Waals surface area contributed by atoms with E-state index in [1.165, 1.54) is 17.0 Å². The molecule has 0 aliphatic heterocycles. The van der Waals surface area contributed by atoms with Gasteiger partial charge in [0.15, 0.2) is 0 Å². The van der Waals surface area contributed by atoms with Crippen molar-refractivity contribution in [2.45, 2.75) is 6.54 Å². The first-order chi connectivity index (χ1) is 11.6. The maximum atomic E-state index is 12.2. The van der Waals surface area contributed by atoms with Crippen molar-refractivity contribution in [2.24, 2.45) is 0 Å². The fourth-order valence-electron chi connectivity index (χ4n) is 2.22. The van der Waals surface area contributed by atoms with Crippen LogP contribution >= 0.6 is 11.6 Å². The van der Waals surface area contributed by atoms with Crippen molar-refractivity contribution in [3.05, 3.63) is 82.4 Å². The van der Waals surface area contributed by atoms with E-state index in [0.29, 0.717) is 16.4 Å². The van der Waals surface area contributed by atoms with Gasteiger partial charge >= 0.3 is 0 Å². The summed E-state index contributed by atoms with van der Waals surface area (Å²) in [5, 5.41) is 3.11. The zero-order valence-corrected chi connectivity index (χ0v) is 13.4. The van der Waals surface area contributed by atoms with E-state index in [1.54, 1.807) is 24.3 Å². The summed E-state index contributed by atoms with van der Waals surface area (Å²) in [6.07, 6.45) is 1.37. The number of carbonyl (C=O) groups is 1. The fraction of sp³-hybridized carbons (Fsp3) is 0.0556. The predicted octanol–water partition coefficient (Wildman–Crippen LogP) is 3.20. The number of amides is 1. The molecule has 0 atom stereocenters. The summed E-state index contributed by atoms with van der Waals surface area (Å²) in [7, 11) is 0. The molecule has 0 aliphatic carbocycles. The lowest BCUT2D eigenvalue weighted by Crippen LogP contribution is -2.27. The van der Waals surface area contributed by atoms with Gasteiger partial charge in [-0.3, -0.25) is 14.2 Å². The van der Waals surface area contributed by atoms with E-state index in [-0.39, 0.29) is 18.0 Å². The van der Waals surface area contributed by atoms with Gasteiger partial charge in [-0.15, -0.1) is 0 Å². The number of benzene rings is 2. The third kappa shape index (κ3) is 3.70. The lowest BCUT2D eigenvalue weighted by Gasteiger charge is -2.09. The Labute approximate surface area is 143 Å². The Balaban J connectivity index is 1.75. The molecule has 6 heteroatoms. The fourth-order valence-corrected chi connectivity index (χ4v) is 2.40. The van der Waals surface area contributed by atoms with Crippen molar-refractivity contribution in [3.8, 4) is 11.3 Å². The standard InChI is InChI=1S/C18H14ClN3O2/c19-14-8-4-5-9-15(14)21-17(23)11-22-12-20-16(10-18(22)24)13-6-2-1-3-7-13/h1-10,12H,11H2,(H,21,23). The molecule has 3 aromatic rings. The van der Waals surface area contributed by atoms with Gasteiger partial charge in [0.2, 0.25) is 5.91 Å². The highest BCUT2D eigenvalue weighted by Crippen LogP contribution is 2.20. The van der Waals surface area contributed by atoms with Crippen molar-refractivity contribution in [1.82, 2.24) is 9.55 Å². The van der Waals surface area contributed by atoms with Gasteiger partial charge in [0.1, 0.15) is 6.54 Å². The summed E-state index contributed by atoms with van der Waals surface area (Å²) < 4.78 is 1.25. The van der Waals surface area contributed by atoms with Gasteiger partial charge in [0, 0.05) is 11.6 Å². The first-order valence-corrected chi connectivity index (χ1v) is 7.67. The molecule has 2 aromatic carbocycles. The van der Waals surface area contributed by atoms with Gasteiger partial charge in [0.25, 0.3) is 5.56 Å². The van der Waals surface area contributed by atoms with Gasteiger partial charge in [0.05, 0.1) is 22.7 Å². The Morgan fingerprint density at radius 1 is 1.08 bits per heavy atom. The Kier molecular flexibility index (Phi) is 4.72. The molecule has 0 saturated carbocycles. The van der Waals surface area contributed by atoms with E-state index in [1.807, 2.05) is 30.3 Å². The van der Waals surface area contributed by atoms with Crippen molar-refractivity contribution in [3.63, 3.8) is 0 Å². The number of nitrogens with zero attached hydrogens (tertiary/aromatic N) is 2. The van der Waals surface area contributed by atoms with Crippen LogP contribution in [0.3, 0.4) is 0 Å². The van der Waals surface area contributed by atoms with Crippen LogP contribution in [-0.2, 0) is 11.3 Å². The minimum Gasteiger partial charge on any atom is -0.323 e. The maximum Gasteiger partial charge on any atom is 0.254 e. The molecule has 1 aromatic heterocycles. The lowest BCUT2D eigenvalue weighted by molar-refractivity contribution is -0.116. The van der Waals surface area contributed by atoms with Crippen molar-refractivity contribution in [2.75, 3.05) is 5.32 Å². The minimum absolute atomic E-state index is 0.133. The number of hydrogen-bond acceptors (Lipinski definition) is 3. The molecule has 24 heavy (non-hydrogen) atoms. The minimum atomic E-state index is -0.348. The molecule has 0 spiro atoms. The monoisotopic (exact) mass is 339 g/mol. The molecule has 1 heterocycles. The highest BCUT2D eigenvalue weighted by molar-refractivity contribution is 6.33. The van der Waals surface area contributed by atoms with Gasteiger partial charge in [-0.05, 0) is 12.1 Å². The molecule has 120 valence electrons. The summed E-state index contributed by atoms with van der Waals surface area (Å²) >= 11 is 6.00. The molecule has 0 unspecified atom stereocenters. The first-order valence-electron chi connectivity index (χ1n) is 7.30. The normalized spacial score (nSPS) is 10.4. The summed E-state index contributed by atoms with van der Waals surface area (Å²) in [5.74, 6) is -0.348. The highest BCUT2D eigenvalue weighted by Gasteiger charge is 2.08. The average molecular weight is 340 g/mol. The Hall–Kier alpha value is -2.92. The molecule has 0 radical (unpaired) electrons. The number of para-hydroxylation sites is 1. The smallest absolute Gasteiger partial charge is 0.254 e. The maximum absolute atomic E-state index is 12.2. The van der Waals surface area contributed by atoms with Crippen LogP contribution in [0.25, 0.3) is 11.3 Å². The van der Waals surface area contributed by atoms with Crippen molar-refractivity contribution >= 4 is 23.2 Å². The summed E-state index contributed by atoms with van der Waals surface area (Å²) in [4.78, 5) is 28.5. The largest absolute Gasteiger partial charge is 0.323 e. The average Bonchev–Trinajstić information content (AvgIpc) is 2.59. The number of anilines is 1. The number of carbonyl (C=O) groups excluding carboxylic acids is 1. The van der Waals surface area contributed by atoms with E-state index in [9.17, 15) is 9.59 Å². The zero-order valence-electron chi connectivity index (χ0n) is 12.6. The summed E-state index contributed by atoms with van der Waals surface area (Å²) in [6, 6.07) is 17.7. The molecule has 0 aliphatic rings. The van der Waals surface area contributed by atoms with Gasteiger partial charge in [-0.25, -0.2) is 4.98 Å². The number of halogens is 1. The number of aromatic nitrogens is 2. The third-order valence-electron chi connectivity index (χ3n) is 3.41. The molecule has 0 bridgehead atoms. The van der Waals surface area contributed by atoms with Crippen LogP contribution in [-0.4, -0.2) is 15.5 Å².